The summed E-state index contributed by atoms with van der Waals surface area (Å²) in [6.07, 6.45) is 1.12. The molecule has 0 bridgehead atoms. The molecule has 0 radical (unpaired) electrons. The maximum Gasteiger partial charge on any atom is 0.243 e. The molecule has 2 heterocycles. The molecule has 0 aliphatic carbocycles. The topological polar surface area (TPSA) is 90.0 Å². The number of carbonyl (C=O) groups is 2. The fraction of sp³-hybridized carbons (Fsp3) is 0.440. The van der Waals surface area contributed by atoms with Crippen molar-refractivity contribution in [2.45, 2.75) is 50.5 Å². The number of hydrogen-bond donors (Lipinski definition) is 0. The van der Waals surface area contributed by atoms with Crippen LogP contribution in [0.2, 0.25) is 0 Å². The predicted octanol–water partition coefficient (Wildman–Crippen LogP) is 3.19. The number of ether oxygens (including phenoxy) is 2. The van der Waals surface area contributed by atoms with E-state index in [0.717, 1.165) is 5.56 Å². The van der Waals surface area contributed by atoms with E-state index in [9.17, 15) is 18.0 Å². The Morgan fingerprint density at radius 3 is 2.79 bits per heavy atom. The molecule has 1 fully saturated rings. The minimum Gasteiger partial charge on any atom is -0.494 e. The van der Waals surface area contributed by atoms with E-state index in [1.54, 1.807) is 13.0 Å². The van der Waals surface area contributed by atoms with Gasteiger partial charge in [-0.2, -0.15) is 4.31 Å². The molecule has 7 nitrogen and oxygen atoms in total. The third-order valence-electron chi connectivity index (χ3n) is 6.27. The average Bonchev–Trinajstić information content (AvgIpc) is 2.81. The summed E-state index contributed by atoms with van der Waals surface area (Å²) in [5.41, 5.74) is 1.40. The van der Waals surface area contributed by atoms with Gasteiger partial charge in [0.2, 0.25) is 10.0 Å². The second-order valence-corrected chi connectivity index (χ2v) is 10.5. The number of hydrogen-bond acceptors (Lipinski definition) is 6. The zero-order valence-electron chi connectivity index (χ0n) is 19.0. The van der Waals surface area contributed by atoms with E-state index < -0.39 is 16.1 Å². The first kappa shape index (κ1) is 23.4. The van der Waals surface area contributed by atoms with Crippen LogP contribution in [0, 0.1) is 5.92 Å². The minimum absolute atomic E-state index is 0.0143. The van der Waals surface area contributed by atoms with Gasteiger partial charge in [0, 0.05) is 43.0 Å². The van der Waals surface area contributed by atoms with Crippen molar-refractivity contribution in [2.75, 3.05) is 19.7 Å². The Kier molecular flexibility index (Phi) is 6.86. The van der Waals surface area contributed by atoms with Crippen LogP contribution in [0.15, 0.2) is 47.4 Å². The molecule has 0 N–H and O–H groups in total. The van der Waals surface area contributed by atoms with E-state index in [4.69, 9.17) is 9.47 Å². The lowest BCUT2D eigenvalue weighted by molar-refractivity contribution is -0.125. The van der Waals surface area contributed by atoms with Gasteiger partial charge in [-0.05, 0) is 51.0 Å². The standard InChI is InChI=1S/C25H29NO6S/c1-3-31-24-9-5-4-7-18(24)14-23(28)19-8-6-12-26(16-19)33(29,30)21-10-11-25-20(13-21)15-22(27)17(2)32-25/h4-5,7,9-11,13,17,19H,3,6,8,12,14-16H2,1-2H3. The van der Waals surface area contributed by atoms with Crippen molar-refractivity contribution < 1.29 is 27.5 Å². The third-order valence-corrected chi connectivity index (χ3v) is 8.13. The highest BCUT2D eigenvalue weighted by atomic mass is 32.2. The van der Waals surface area contributed by atoms with Crippen LogP contribution in [0.1, 0.15) is 37.8 Å². The summed E-state index contributed by atoms with van der Waals surface area (Å²) < 4.78 is 39.3. The fourth-order valence-corrected chi connectivity index (χ4v) is 5.98. The molecule has 8 heteroatoms. The van der Waals surface area contributed by atoms with Crippen molar-refractivity contribution in [1.29, 1.82) is 0 Å². The van der Waals surface area contributed by atoms with Gasteiger partial charge in [-0.25, -0.2) is 8.42 Å². The van der Waals surface area contributed by atoms with Crippen molar-refractivity contribution in [3.63, 3.8) is 0 Å². The first-order valence-electron chi connectivity index (χ1n) is 11.4. The average molecular weight is 472 g/mol. The number of rotatable bonds is 7. The van der Waals surface area contributed by atoms with E-state index in [0.29, 0.717) is 43.1 Å². The summed E-state index contributed by atoms with van der Waals surface area (Å²) in [7, 11) is -3.79. The molecule has 1 saturated heterocycles. The summed E-state index contributed by atoms with van der Waals surface area (Å²) in [5, 5.41) is 0. The number of ketones is 2. The molecule has 4 rings (SSSR count). The number of para-hydroxylation sites is 1. The van der Waals surface area contributed by atoms with Crippen molar-refractivity contribution in [3.05, 3.63) is 53.6 Å². The summed E-state index contributed by atoms with van der Waals surface area (Å²) in [6.45, 7) is 4.61. The third kappa shape index (κ3) is 4.96. The number of nitrogens with zero attached hydrogens (tertiary/aromatic N) is 1. The molecule has 2 aromatic rings. The van der Waals surface area contributed by atoms with E-state index in [-0.39, 0.29) is 41.8 Å². The number of carbonyl (C=O) groups excluding carboxylic acids is 2. The molecule has 2 atom stereocenters. The molecule has 2 aliphatic heterocycles. The lowest BCUT2D eigenvalue weighted by atomic mass is 9.91. The summed E-state index contributed by atoms with van der Waals surface area (Å²) in [6, 6.07) is 12.1. The van der Waals surface area contributed by atoms with Crippen molar-refractivity contribution in [1.82, 2.24) is 4.31 Å². The van der Waals surface area contributed by atoms with E-state index in [1.165, 1.54) is 16.4 Å². The molecular formula is C25H29NO6S. The maximum atomic E-state index is 13.4. The first-order valence-corrected chi connectivity index (χ1v) is 12.8. The second kappa shape index (κ2) is 9.65. The Bertz CT molecular complexity index is 1160. The van der Waals surface area contributed by atoms with Gasteiger partial charge >= 0.3 is 0 Å². The minimum atomic E-state index is -3.79. The number of piperidine rings is 1. The lowest BCUT2D eigenvalue weighted by Gasteiger charge is -2.31. The van der Waals surface area contributed by atoms with E-state index in [1.807, 2.05) is 31.2 Å². The number of sulfonamides is 1. The van der Waals surface area contributed by atoms with Crippen LogP contribution in [-0.4, -0.2) is 50.1 Å². The van der Waals surface area contributed by atoms with Gasteiger partial charge in [-0.3, -0.25) is 9.59 Å². The molecule has 33 heavy (non-hydrogen) atoms. The van der Waals surface area contributed by atoms with Crippen LogP contribution in [0.4, 0.5) is 0 Å². The zero-order chi connectivity index (χ0) is 23.6. The van der Waals surface area contributed by atoms with Gasteiger partial charge in [-0.15, -0.1) is 0 Å². The quantitative estimate of drug-likeness (QED) is 0.616. The lowest BCUT2D eigenvalue weighted by Crippen LogP contribution is -2.42. The largest absolute Gasteiger partial charge is 0.494 e. The maximum absolute atomic E-state index is 13.4. The number of benzene rings is 2. The highest BCUT2D eigenvalue weighted by molar-refractivity contribution is 7.89. The highest BCUT2D eigenvalue weighted by Crippen LogP contribution is 2.31. The Labute approximate surface area is 194 Å². The Hall–Kier alpha value is -2.71. The van der Waals surface area contributed by atoms with Gasteiger partial charge in [0.05, 0.1) is 11.5 Å². The van der Waals surface area contributed by atoms with Gasteiger partial charge in [0.25, 0.3) is 0 Å². The predicted molar refractivity (Wildman–Crippen MR) is 123 cm³/mol. The SMILES string of the molecule is CCOc1ccccc1CC(=O)C1CCCN(S(=O)(=O)c2ccc3c(c2)CC(=O)C(C)O3)C1. The van der Waals surface area contributed by atoms with Gasteiger partial charge < -0.3 is 9.47 Å². The van der Waals surface area contributed by atoms with Crippen LogP contribution in [0.5, 0.6) is 11.5 Å². The highest BCUT2D eigenvalue weighted by Gasteiger charge is 2.34. The summed E-state index contributed by atoms with van der Waals surface area (Å²) in [4.78, 5) is 25.2. The number of Topliss-reactive ketones (excluding diaryl/α,β-unsaturated/α-hetero) is 2. The van der Waals surface area contributed by atoms with Crippen molar-refractivity contribution in [3.8, 4) is 11.5 Å². The molecular weight excluding hydrogens is 442 g/mol. The molecule has 0 spiro atoms. The second-order valence-electron chi connectivity index (χ2n) is 8.56. The molecule has 2 aliphatic rings. The van der Waals surface area contributed by atoms with Crippen LogP contribution >= 0.6 is 0 Å². The fourth-order valence-electron chi connectivity index (χ4n) is 4.41. The molecule has 2 aromatic carbocycles. The van der Waals surface area contributed by atoms with Crippen LogP contribution in [0.25, 0.3) is 0 Å². The van der Waals surface area contributed by atoms with Crippen molar-refractivity contribution in [2.24, 2.45) is 5.92 Å². The van der Waals surface area contributed by atoms with Gasteiger partial charge in [0.15, 0.2) is 11.9 Å². The van der Waals surface area contributed by atoms with E-state index >= 15 is 0 Å². The van der Waals surface area contributed by atoms with Crippen molar-refractivity contribution >= 4 is 21.6 Å². The molecule has 0 amide bonds. The monoisotopic (exact) mass is 471 g/mol. The zero-order valence-corrected chi connectivity index (χ0v) is 19.8. The number of fused-ring (bicyclic) bond motifs is 1. The Balaban J connectivity index is 1.49. The normalized spacial score (nSPS) is 21.2. The smallest absolute Gasteiger partial charge is 0.243 e. The summed E-state index contributed by atoms with van der Waals surface area (Å²) >= 11 is 0. The molecule has 0 aromatic heterocycles. The van der Waals surface area contributed by atoms with Crippen LogP contribution < -0.4 is 9.47 Å². The molecule has 176 valence electrons. The van der Waals surface area contributed by atoms with Gasteiger partial charge in [0.1, 0.15) is 17.3 Å². The summed E-state index contributed by atoms with van der Waals surface area (Å²) in [5.74, 6) is 0.801. The van der Waals surface area contributed by atoms with Crippen LogP contribution in [0.3, 0.4) is 0 Å². The Morgan fingerprint density at radius 1 is 1.21 bits per heavy atom. The molecule has 2 unspecified atom stereocenters. The van der Waals surface area contributed by atoms with E-state index in [2.05, 4.69) is 0 Å². The Morgan fingerprint density at radius 2 is 2.00 bits per heavy atom. The first-order chi connectivity index (χ1) is 15.8. The van der Waals surface area contributed by atoms with Crippen LogP contribution in [-0.2, 0) is 32.5 Å². The van der Waals surface area contributed by atoms with Gasteiger partial charge in [-0.1, -0.05) is 18.2 Å². The molecule has 0 saturated carbocycles.